The van der Waals surface area contributed by atoms with E-state index >= 15 is 0 Å². The van der Waals surface area contributed by atoms with Crippen LogP contribution in [-0.4, -0.2) is 26.2 Å². The average molecular weight is 285 g/mol. The first-order chi connectivity index (χ1) is 10.4. The molecule has 0 saturated carbocycles. The largest absolute Gasteiger partial charge is 0.343 e. The molecule has 0 amide bonds. The van der Waals surface area contributed by atoms with E-state index < -0.39 is 0 Å². The fourth-order valence-electron chi connectivity index (χ4n) is 2.44. The van der Waals surface area contributed by atoms with Crippen LogP contribution in [0.2, 0.25) is 0 Å². The molecular formula is C15H19N5O. The van der Waals surface area contributed by atoms with Gasteiger partial charge in [-0.1, -0.05) is 24.2 Å². The highest BCUT2D eigenvalue weighted by atomic mass is 16.5. The Morgan fingerprint density at radius 3 is 3.00 bits per heavy atom. The van der Waals surface area contributed by atoms with Gasteiger partial charge in [0.2, 0.25) is 6.39 Å². The minimum Gasteiger partial charge on any atom is -0.343 e. The van der Waals surface area contributed by atoms with E-state index in [1.54, 1.807) is 0 Å². The van der Waals surface area contributed by atoms with Crippen molar-refractivity contribution in [1.82, 2.24) is 25.0 Å². The van der Waals surface area contributed by atoms with Crippen LogP contribution in [0.1, 0.15) is 25.0 Å². The Labute approximate surface area is 123 Å². The number of benzene rings is 1. The van der Waals surface area contributed by atoms with Crippen molar-refractivity contribution in [3.05, 3.63) is 42.3 Å². The first kappa shape index (κ1) is 13.8. The quantitative estimate of drug-likeness (QED) is 0.674. The summed E-state index contributed by atoms with van der Waals surface area (Å²) in [5, 5.41) is 7.19. The van der Waals surface area contributed by atoms with Gasteiger partial charge < -0.3 is 14.4 Å². The molecule has 3 aromatic rings. The van der Waals surface area contributed by atoms with E-state index in [2.05, 4.69) is 45.1 Å². The Hall–Kier alpha value is -2.21. The maximum atomic E-state index is 4.72. The number of hydrogen-bond donors (Lipinski definition) is 1. The first-order valence-corrected chi connectivity index (χ1v) is 7.28. The summed E-state index contributed by atoms with van der Waals surface area (Å²) in [6, 6.07) is 8.27. The Morgan fingerprint density at radius 1 is 1.29 bits per heavy atom. The number of aryl methyl sites for hydroxylation is 1. The maximum Gasteiger partial charge on any atom is 0.213 e. The van der Waals surface area contributed by atoms with Crippen LogP contribution in [-0.2, 0) is 19.5 Å². The van der Waals surface area contributed by atoms with Crippen molar-refractivity contribution in [1.29, 1.82) is 0 Å². The third-order valence-corrected chi connectivity index (χ3v) is 3.40. The van der Waals surface area contributed by atoms with E-state index in [-0.39, 0.29) is 0 Å². The second-order valence-electron chi connectivity index (χ2n) is 4.94. The van der Waals surface area contributed by atoms with Crippen LogP contribution >= 0.6 is 0 Å². The molecule has 0 bridgehead atoms. The maximum absolute atomic E-state index is 4.72. The lowest BCUT2D eigenvalue weighted by Crippen LogP contribution is -2.20. The average Bonchev–Trinajstić information content (AvgIpc) is 3.13. The minimum atomic E-state index is 0.726. The third kappa shape index (κ3) is 3.11. The minimum absolute atomic E-state index is 0.726. The summed E-state index contributed by atoms with van der Waals surface area (Å²) in [7, 11) is 0. The summed E-state index contributed by atoms with van der Waals surface area (Å²) < 4.78 is 7.00. The molecule has 6 nitrogen and oxygen atoms in total. The Bertz CT molecular complexity index is 689. The molecule has 0 aliphatic rings. The molecule has 2 heterocycles. The standard InChI is InChI=1S/C15H19N5O/c1-2-9-20-13-6-4-3-5-12(13)18-15(20)10-16-8-7-14-17-11-21-19-14/h3-6,11,16H,2,7-10H2,1H3. The summed E-state index contributed by atoms with van der Waals surface area (Å²) in [6.07, 6.45) is 3.21. The van der Waals surface area contributed by atoms with E-state index in [4.69, 9.17) is 9.51 Å². The van der Waals surface area contributed by atoms with Gasteiger partial charge in [-0.2, -0.15) is 4.98 Å². The molecule has 0 aliphatic carbocycles. The van der Waals surface area contributed by atoms with E-state index in [0.717, 1.165) is 49.6 Å². The Morgan fingerprint density at radius 2 is 2.19 bits per heavy atom. The number of nitrogens with zero attached hydrogens (tertiary/aromatic N) is 4. The van der Waals surface area contributed by atoms with Gasteiger partial charge in [0, 0.05) is 19.5 Å². The molecule has 0 radical (unpaired) electrons. The number of fused-ring (bicyclic) bond motifs is 1. The zero-order valence-electron chi connectivity index (χ0n) is 12.1. The van der Waals surface area contributed by atoms with E-state index in [0.29, 0.717) is 0 Å². The van der Waals surface area contributed by atoms with Crippen LogP contribution in [0.5, 0.6) is 0 Å². The van der Waals surface area contributed by atoms with Gasteiger partial charge in [0.25, 0.3) is 0 Å². The summed E-state index contributed by atoms with van der Waals surface area (Å²) >= 11 is 0. The highest BCUT2D eigenvalue weighted by molar-refractivity contribution is 5.75. The third-order valence-electron chi connectivity index (χ3n) is 3.40. The number of nitrogens with one attached hydrogen (secondary N) is 1. The molecular weight excluding hydrogens is 266 g/mol. The van der Waals surface area contributed by atoms with Crippen molar-refractivity contribution in [2.45, 2.75) is 32.9 Å². The highest BCUT2D eigenvalue weighted by Gasteiger charge is 2.09. The van der Waals surface area contributed by atoms with Crippen molar-refractivity contribution in [2.75, 3.05) is 6.54 Å². The smallest absolute Gasteiger partial charge is 0.213 e. The van der Waals surface area contributed by atoms with E-state index in [9.17, 15) is 0 Å². The van der Waals surface area contributed by atoms with Gasteiger partial charge in [-0.25, -0.2) is 4.98 Å². The first-order valence-electron chi connectivity index (χ1n) is 7.28. The molecule has 2 aromatic heterocycles. The van der Waals surface area contributed by atoms with Crippen molar-refractivity contribution < 1.29 is 4.52 Å². The summed E-state index contributed by atoms with van der Waals surface area (Å²) in [5.74, 6) is 1.80. The lowest BCUT2D eigenvalue weighted by atomic mass is 10.3. The van der Waals surface area contributed by atoms with Gasteiger partial charge in [-0.05, 0) is 18.6 Å². The molecule has 0 saturated heterocycles. The van der Waals surface area contributed by atoms with E-state index in [1.165, 1.54) is 11.9 Å². The normalized spacial score (nSPS) is 11.3. The van der Waals surface area contributed by atoms with Gasteiger partial charge in [-0.15, -0.1) is 0 Å². The van der Waals surface area contributed by atoms with Crippen molar-refractivity contribution in [2.24, 2.45) is 0 Å². The summed E-state index contributed by atoms with van der Waals surface area (Å²) in [5.41, 5.74) is 2.26. The summed E-state index contributed by atoms with van der Waals surface area (Å²) in [6.45, 7) is 4.71. The molecule has 0 unspecified atom stereocenters. The predicted octanol–water partition coefficient (Wildman–Crippen LogP) is 2.16. The number of hydrogen-bond acceptors (Lipinski definition) is 5. The monoisotopic (exact) mass is 285 g/mol. The van der Waals surface area contributed by atoms with Crippen LogP contribution < -0.4 is 5.32 Å². The van der Waals surface area contributed by atoms with Crippen molar-refractivity contribution in [3.63, 3.8) is 0 Å². The van der Waals surface area contributed by atoms with Crippen LogP contribution in [0.25, 0.3) is 11.0 Å². The number of aromatic nitrogens is 4. The van der Waals surface area contributed by atoms with Crippen molar-refractivity contribution >= 4 is 11.0 Å². The number of para-hydroxylation sites is 2. The molecule has 0 spiro atoms. The van der Waals surface area contributed by atoms with Gasteiger partial charge in [0.15, 0.2) is 5.82 Å². The molecule has 6 heteroatoms. The van der Waals surface area contributed by atoms with Gasteiger partial charge in [0.1, 0.15) is 5.82 Å². The number of rotatable bonds is 7. The molecule has 1 aromatic carbocycles. The second kappa shape index (κ2) is 6.49. The van der Waals surface area contributed by atoms with Crippen LogP contribution in [0.4, 0.5) is 0 Å². The predicted molar refractivity (Wildman–Crippen MR) is 79.7 cm³/mol. The van der Waals surface area contributed by atoms with Gasteiger partial charge in [0.05, 0.1) is 17.6 Å². The van der Waals surface area contributed by atoms with Gasteiger partial charge in [-0.3, -0.25) is 0 Å². The van der Waals surface area contributed by atoms with Crippen LogP contribution in [0.3, 0.4) is 0 Å². The highest BCUT2D eigenvalue weighted by Crippen LogP contribution is 2.16. The lowest BCUT2D eigenvalue weighted by molar-refractivity contribution is 0.409. The Kier molecular flexibility index (Phi) is 4.25. The molecule has 0 aliphatic heterocycles. The second-order valence-corrected chi connectivity index (χ2v) is 4.94. The molecule has 0 atom stereocenters. The molecule has 1 N–H and O–H groups in total. The SMILES string of the molecule is CCCn1c(CNCCc2ncon2)nc2ccccc21. The zero-order chi connectivity index (χ0) is 14.5. The topological polar surface area (TPSA) is 68.8 Å². The molecule has 110 valence electrons. The van der Waals surface area contributed by atoms with Crippen molar-refractivity contribution in [3.8, 4) is 0 Å². The van der Waals surface area contributed by atoms with E-state index in [1.807, 2.05) is 6.07 Å². The summed E-state index contributed by atoms with van der Waals surface area (Å²) in [4.78, 5) is 8.72. The fourth-order valence-corrected chi connectivity index (χ4v) is 2.44. The van der Waals surface area contributed by atoms with Crippen LogP contribution in [0.15, 0.2) is 35.2 Å². The Balaban J connectivity index is 1.66. The van der Waals surface area contributed by atoms with Crippen LogP contribution in [0, 0.1) is 0 Å². The molecule has 0 fully saturated rings. The molecule has 21 heavy (non-hydrogen) atoms. The zero-order valence-corrected chi connectivity index (χ0v) is 12.1. The number of imidazole rings is 1. The van der Waals surface area contributed by atoms with Gasteiger partial charge >= 0.3 is 0 Å². The molecule has 3 rings (SSSR count). The lowest BCUT2D eigenvalue weighted by Gasteiger charge is -2.08. The fraction of sp³-hybridized carbons (Fsp3) is 0.400.